The van der Waals surface area contributed by atoms with Crippen LogP contribution in [0.3, 0.4) is 0 Å². The van der Waals surface area contributed by atoms with E-state index < -0.39 is 5.91 Å². The normalized spacial score (nSPS) is 10.5. The highest BCUT2D eigenvalue weighted by atomic mass is 16.1. The van der Waals surface area contributed by atoms with Crippen molar-refractivity contribution in [2.45, 2.75) is 20.8 Å². The van der Waals surface area contributed by atoms with E-state index in [0.29, 0.717) is 17.2 Å². The summed E-state index contributed by atoms with van der Waals surface area (Å²) in [5.74, 6) is -0.149. The lowest BCUT2D eigenvalue weighted by Crippen LogP contribution is -2.18. The molecule has 2 heterocycles. The lowest BCUT2D eigenvalue weighted by molar-refractivity contribution is 0.1000. The third-order valence-electron chi connectivity index (χ3n) is 2.79. The van der Waals surface area contributed by atoms with Gasteiger partial charge in [0.05, 0.1) is 5.69 Å². The second-order valence-corrected chi connectivity index (χ2v) is 4.44. The summed E-state index contributed by atoms with van der Waals surface area (Å²) in [4.78, 5) is 23.9. The summed E-state index contributed by atoms with van der Waals surface area (Å²) in [6, 6.07) is 1.99. The van der Waals surface area contributed by atoms with Crippen LogP contribution in [0.15, 0.2) is 12.3 Å². The third kappa shape index (κ3) is 2.37. The van der Waals surface area contributed by atoms with Crippen molar-refractivity contribution in [2.75, 3.05) is 5.73 Å². The predicted octanol–water partition coefficient (Wildman–Crippen LogP) is 1.14. The van der Waals surface area contributed by atoms with Crippen LogP contribution in [0, 0.1) is 20.8 Å². The maximum atomic E-state index is 11.2. The van der Waals surface area contributed by atoms with E-state index in [-0.39, 0.29) is 11.4 Å². The molecule has 2 aromatic heterocycles. The van der Waals surface area contributed by atoms with Gasteiger partial charge in [0.25, 0.3) is 5.91 Å². The average molecular weight is 257 g/mol. The van der Waals surface area contributed by atoms with E-state index in [1.54, 1.807) is 13.1 Å². The number of amides is 1. The first-order valence-electron chi connectivity index (χ1n) is 5.77. The Hall–Kier alpha value is -2.50. The van der Waals surface area contributed by atoms with Gasteiger partial charge in [-0.25, -0.2) is 9.97 Å². The van der Waals surface area contributed by atoms with Crippen molar-refractivity contribution in [3.63, 3.8) is 0 Å². The van der Waals surface area contributed by atoms with Gasteiger partial charge in [0.1, 0.15) is 17.1 Å². The Bertz CT molecular complexity index is 643. The first kappa shape index (κ1) is 12.9. The van der Waals surface area contributed by atoms with Crippen LogP contribution in [0.2, 0.25) is 0 Å². The summed E-state index contributed by atoms with van der Waals surface area (Å²) in [7, 11) is 0. The minimum atomic E-state index is -0.630. The molecule has 6 heteroatoms. The van der Waals surface area contributed by atoms with Gasteiger partial charge in [-0.3, -0.25) is 9.78 Å². The molecule has 0 aromatic carbocycles. The molecular formula is C13H15N5O. The topological polar surface area (TPSA) is 108 Å². The van der Waals surface area contributed by atoms with Crippen molar-refractivity contribution in [1.29, 1.82) is 0 Å². The standard InChI is InChI=1S/C13H15N5O/c1-6-4-7(2)10(16-5-6)13-17-8(3)9(12(15)19)11(14)18-13/h4-5H,1-3H3,(H2,15,19)(H2,14,17,18). The number of nitrogen functional groups attached to an aromatic ring is 1. The summed E-state index contributed by atoms with van der Waals surface area (Å²) >= 11 is 0. The fourth-order valence-electron chi connectivity index (χ4n) is 1.95. The number of anilines is 1. The second kappa shape index (κ2) is 4.64. The molecule has 0 aliphatic heterocycles. The molecule has 1 amide bonds. The number of aromatic nitrogens is 3. The number of rotatable bonds is 2. The van der Waals surface area contributed by atoms with E-state index in [1.807, 2.05) is 19.9 Å². The van der Waals surface area contributed by atoms with E-state index in [0.717, 1.165) is 11.1 Å². The number of nitrogens with two attached hydrogens (primary N) is 2. The Morgan fingerprint density at radius 3 is 2.42 bits per heavy atom. The monoisotopic (exact) mass is 257 g/mol. The van der Waals surface area contributed by atoms with Gasteiger partial charge in [0, 0.05) is 6.20 Å². The SMILES string of the molecule is Cc1cnc(-c2nc(C)c(C(N)=O)c(N)n2)c(C)c1. The van der Waals surface area contributed by atoms with Gasteiger partial charge in [-0.2, -0.15) is 0 Å². The summed E-state index contributed by atoms with van der Waals surface area (Å²) in [5, 5.41) is 0. The van der Waals surface area contributed by atoms with E-state index in [4.69, 9.17) is 11.5 Å². The van der Waals surface area contributed by atoms with Gasteiger partial charge in [-0.1, -0.05) is 6.07 Å². The minimum Gasteiger partial charge on any atom is -0.383 e. The van der Waals surface area contributed by atoms with Crippen molar-refractivity contribution in [2.24, 2.45) is 5.73 Å². The molecule has 2 aromatic rings. The number of aryl methyl sites for hydroxylation is 3. The quantitative estimate of drug-likeness (QED) is 0.838. The van der Waals surface area contributed by atoms with Crippen LogP contribution >= 0.6 is 0 Å². The fraction of sp³-hybridized carbons (Fsp3) is 0.231. The smallest absolute Gasteiger partial charge is 0.254 e. The fourth-order valence-corrected chi connectivity index (χ4v) is 1.95. The van der Waals surface area contributed by atoms with Crippen molar-refractivity contribution in [3.05, 3.63) is 34.6 Å². The van der Waals surface area contributed by atoms with Crippen LogP contribution in [-0.2, 0) is 0 Å². The highest BCUT2D eigenvalue weighted by Gasteiger charge is 2.16. The van der Waals surface area contributed by atoms with E-state index >= 15 is 0 Å². The summed E-state index contributed by atoms with van der Waals surface area (Å²) in [6.45, 7) is 5.55. The molecule has 4 N–H and O–H groups in total. The number of nitrogens with zero attached hydrogens (tertiary/aromatic N) is 3. The Balaban J connectivity index is 2.61. The van der Waals surface area contributed by atoms with E-state index in [1.165, 1.54) is 0 Å². The lowest BCUT2D eigenvalue weighted by Gasteiger charge is -2.09. The van der Waals surface area contributed by atoms with Crippen LogP contribution in [-0.4, -0.2) is 20.9 Å². The molecule has 0 bridgehead atoms. The zero-order chi connectivity index (χ0) is 14.2. The first-order chi connectivity index (χ1) is 8.90. The molecular weight excluding hydrogens is 242 g/mol. The van der Waals surface area contributed by atoms with Gasteiger partial charge in [-0.15, -0.1) is 0 Å². The van der Waals surface area contributed by atoms with Gasteiger partial charge in [-0.05, 0) is 31.9 Å². The Kier molecular flexibility index (Phi) is 3.16. The van der Waals surface area contributed by atoms with Crippen LogP contribution in [0.4, 0.5) is 5.82 Å². The molecule has 0 spiro atoms. The largest absolute Gasteiger partial charge is 0.383 e. The van der Waals surface area contributed by atoms with Crippen molar-refractivity contribution in [3.8, 4) is 11.5 Å². The Labute approximate surface area is 110 Å². The summed E-state index contributed by atoms with van der Waals surface area (Å²) in [5.41, 5.74) is 14.3. The highest BCUT2D eigenvalue weighted by molar-refractivity contribution is 5.98. The molecule has 0 aliphatic carbocycles. The maximum absolute atomic E-state index is 11.2. The predicted molar refractivity (Wildman–Crippen MR) is 72.4 cm³/mol. The average Bonchev–Trinajstić information content (AvgIpc) is 2.26. The first-order valence-corrected chi connectivity index (χ1v) is 5.77. The summed E-state index contributed by atoms with van der Waals surface area (Å²) in [6.07, 6.45) is 1.74. The highest BCUT2D eigenvalue weighted by Crippen LogP contribution is 2.21. The minimum absolute atomic E-state index is 0.0803. The van der Waals surface area contributed by atoms with Crippen LogP contribution < -0.4 is 11.5 Å². The molecule has 0 atom stereocenters. The Morgan fingerprint density at radius 1 is 1.21 bits per heavy atom. The van der Waals surface area contributed by atoms with Crippen molar-refractivity contribution in [1.82, 2.24) is 15.0 Å². The maximum Gasteiger partial charge on any atom is 0.254 e. The van der Waals surface area contributed by atoms with Gasteiger partial charge in [0.15, 0.2) is 5.82 Å². The molecule has 0 aliphatic rings. The lowest BCUT2D eigenvalue weighted by atomic mass is 10.1. The number of carbonyl (C=O) groups is 1. The van der Waals surface area contributed by atoms with Gasteiger partial charge >= 0.3 is 0 Å². The molecule has 0 unspecified atom stereocenters. The number of carbonyl (C=O) groups excluding carboxylic acids is 1. The molecule has 2 rings (SSSR count). The second-order valence-electron chi connectivity index (χ2n) is 4.44. The molecule has 6 nitrogen and oxygen atoms in total. The molecule has 19 heavy (non-hydrogen) atoms. The van der Waals surface area contributed by atoms with Crippen LogP contribution in [0.25, 0.3) is 11.5 Å². The molecule has 98 valence electrons. The zero-order valence-electron chi connectivity index (χ0n) is 11.1. The van der Waals surface area contributed by atoms with Crippen LogP contribution in [0.1, 0.15) is 27.2 Å². The van der Waals surface area contributed by atoms with Crippen LogP contribution in [0.5, 0.6) is 0 Å². The molecule has 0 saturated carbocycles. The molecule has 0 saturated heterocycles. The van der Waals surface area contributed by atoms with E-state index in [2.05, 4.69) is 15.0 Å². The van der Waals surface area contributed by atoms with Crippen molar-refractivity contribution >= 4 is 11.7 Å². The summed E-state index contributed by atoms with van der Waals surface area (Å²) < 4.78 is 0. The van der Waals surface area contributed by atoms with Gasteiger partial charge < -0.3 is 11.5 Å². The number of pyridine rings is 1. The number of hydrogen-bond donors (Lipinski definition) is 2. The number of primary amides is 1. The van der Waals surface area contributed by atoms with Crippen molar-refractivity contribution < 1.29 is 4.79 Å². The molecule has 0 radical (unpaired) electrons. The molecule has 0 fully saturated rings. The number of hydrogen-bond acceptors (Lipinski definition) is 5. The zero-order valence-corrected chi connectivity index (χ0v) is 11.1. The Morgan fingerprint density at radius 2 is 1.89 bits per heavy atom. The third-order valence-corrected chi connectivity index (χ3v) is 2.79. The van der Waals surface area contributed by atoms with E-state index in [9.17, 15) is 4.79 Å². The van der Waals surface area contributed by atoms with Gasteiger partial charge in [0.2, 0.25) is 0 Å².